The number of alkyl halides is 3. The molecule has 1 aliphatic rings. The van der Waals surface area contributed by atoms with Gasteiger partial charge in [0.15, 0.2) is 5.82 Å². The molecule has 3 aromatic rings. The summed E-state index contributed by atoms with van der Waals surface area (Å²) >= 11 is 0. The summed E-state index contributed by atoms with van der Waals surface area (Å²) in [6.07, 6.45) is -3.62. The van der Waals surface area contributed by atoms with Crippen molar-refractivity contribution in [3.8, 4) is 11.3 Å². The van der Waals surface area contributed by atoms with Crippen molar-refractivity contribution in [1.82, 2.24) is 15.5 Å². The number of amides is 1. The zero-order valence-corrected chi connectivity index (χ0v) is 14.8. The molecule has 2 N–H and O–H groups in total. The Morgan fingerprint density at radius 1 is 1.04 bits per heavy atom. The van der Waals surface area contributed by atoms with E-state index >= 15 is 0 Å². The second kappa shape index (κ2) is 7.10. The fraction of sp³-hybridized carbons (Fsp3) is 0.250. The van der Waals surface area contributed by atoms with Crippen molar-refractivity contribution in [2.24, 2.45) is 5.92 Å². The van der Waals surface area contributed by atoms with Gasteiger partial charge in [-0.1, -0.05) is 36.4 Å². The van der Waals surface area contributed by atoms with Crippen LogP contribution in [0.4, 0.5) is 19.0 Å². The molecule has 0 radical (unpaired) electrons. The zero-order chi connectivity index (χ0) is 19.7. The summed E-state index contributed by atoms with van der Waals surface area (Å²) in [5.74, 6) is 0.451. The lowest BCUT2D eigenvalue weighted by Crippen LogP contribution is -2.24. The van der Waals surface area contributed by atoms with Crippen LogP contribution in [0.3, 0.4) is 0 Å². The Kier molecular flexibility index (Phi) is 4.62. The van der Waals surface area contributed by atoms with Gasteiger partial charge in [0.1, 0.15) is 5.69 Å². The highest BCUT2D eigenvalue weighted by Gasteiger charge is 2.30. The van der Waals surface area contributed by atoms with Crippen LogP contribution in [0.1, 0.15) is 12.0 Å². The number of benzene rings is 2. The minimum atomic E-state index is -4.38. The quantitative estimate of drug-likeness (QED) is 0.715. The van der Waals surface area contributed by atoms with Gasteiger partial charge in [0.25, 0.3) is 0 Å². The van der Waals surface area contributed by atoms with Crippen LogP contribution in [-0.4, -0.2) is 29.2 Å². The van der Waals surface area contributed by atoms with E-state index in [1.54, 1.807) is 0 Å². The maximum Gasteiger partial charge on any atom is 0.416 e. The summed E-state index contributed by atoms with van der Waals surface area (Å²) in [6.45, 7) is 1.12. The third-order valence-electron chi connectivity index (χ3n) is 4.85. The van der Waals surface area contributed by atoms with Gasteiger partial charge >= 0.3 is 6.18 Å². The number of halogens is 3. The van der Waals surface area contributed by atoms with E-state index in [4.69, 9.17) is 0 Å². The monoisotopic (exact) mass is 386 g/mol. The largest absolute Gasteiger partial charge is 0.416 e. The van der Waals surface area contributed by atoms with Gasteiger partial charge in [0, 0.05) is 29.4 Å². The van der Waals surface area contributed by atoms with Crippen molar-refractivity contribution in [2.75, 3.05) is 18.4 Å². The summed E-state index contributed by atoms with van der Waals surface area (Å²) in [5.41, 5.74) is 0.355. The molecule has 0 saturated carbocycles. The number of nitrogens with one attached hydrogen (secondary N) is 2. The first kappa shape index (κ1) is 18.2. The van der Waals surface area contributed by atoms with Gasteiger partial charge < -0.3 is 10.6 Å². The molecule has 0 spiro atoms. The van der Waals surface area contributed by atoms with Gasteiger partial charge in [-0.25, -0.2) is 0 Å². The van der Waals surface area contributed by atoms with Gasteiger partial charge in [0.05, 0.1) is 11.5 Å². The molecule has 144 valence electrons. The molecular formula is C20H17F3N4O. The van der Waals surface area contributed by atoms with Crippen LogP contribution in [0.2, 0.25) is 0 Å². The van der Waals surface area contributed by atoms with E-state index in [-0.39, 0.29) is 11.8 Å². The van der Waals surface area contributed by atoms with Crippen LogP contribution >= 0.6 is 0 Å². The van der Waals surface area contributed by atoms with E-state index in [1.165, 1.54) is 12.1 Å². The van der Waals surface area contributed by atoms with Gasteiger partial charge in [-0.05, 0) is 18.6 Å². The topological polar surface area (TPSA) is 66.9 Å². The first-order valence-electron chi connectivity index (χ1n) is 8.88. The third kappa shape index (κ3) is 3.49. The van der Waals surface area contributed by atoms with E-state index in [1.807, 2.05) is 24.3 Å². The number of carbonyl (C=O) groups is 1. The van der Waals surface area contributed by atoms with E-state index in [0.717, 1.165) is 29.3 Å². The smallest absolute Gasteiger partial charge is 0.367 e. The maximum atomic E-state index is 12.8. The first-order chi connectivity index (χ1) is 13.4. The van der Waals surface area contributed by atoms with Crippen molar-refractivity contribution < 1.29 is 18.0 Å². The number of fused-ring (bicyclic) bond motifs is 1. The van der Waals surface area contributed by atoms with Crippen molar-refractivity contribution in [2.45, 2.75) is 12.6 Å². The van der Waals surface area contributed by atoms with Gasteiger partial charge in [-0.2, -0.15) is 13.2 Å². The molecule has 1 saturated heterocycles. The molecule has 1 aliphatic heterocycles. The molecule has 2 aromatic carbocycles. The van der Waals surface area contributed by atoms with Crippen molar-refractivity contribution in [3.63, 3.8) is 0 Å². The Balaban J connectivity index is 1.66. The maximum absolute atomic E-state index is 12.8. The minimum Gasteiger partial charge on any atom is -0.367 e. The number of aromatic nitrogens is 2. The molecule has 4 rings (SSSR count). The van der Waals surface area contributed by atoms with E-state index < -0.39 is 11.7 Å². The average Bonchev–Trinajstić information content (AvgIpc) is 3.10. The fourth-order valence-corrected chi connectivity index (χ4v) is 3.32. The number of rotatable bonds is 4. The molecule has 1 amide bonds. The molecule has 0 aliphatic carbocycles. The van der Waals surface area contributed by atoms with E-state index in [0.29, 0.717) is 30.2 Å². The highest BCUT2D eigenvalue weighted by atomic mass is 19.4. The summed E-state index contributed by atoms with van der Waals surface area (Å²) < 4.78 is 38.4. The lowest BCUT2D eigenvalue weighted by Gasteiger charge is -2.13. The Hall–Kier alpha value is -3.16. The summed E-state index contributed by atoms with van der Waals surface area (Å²) in [6, 6.07) is 12.3. The fourth-order valence-electron chi connectivity index (χ4n) is 3.32. The number of nitrogens with zero attached hydrogens (tertiary/aromatic N) is 2. The predicted octanol–water partition coefficient (Wildman–Crippen LogP) is 3.86. The highest BCUT2D eigenvalue weighted by Crippen LogP contribution is 2.33. The van der Waals surface area contributed by atoms with Crippen LogP contribution in [0, 0.1) is 5.92 Å². The molecule has 0 unspecified atom stereocenters. The molecule has 5 nitrogen and oxygen atoms in total. The van der Waals surface area contributed by atoms with Crippen LogP contribution in [0.25, 0.3) is 22.0 Å². The van der Waals surface area contributed by atoms with Gasteiger partial charge in [-0.15, -0.1) is 10.2 Å². The molecule has 2 heterocycles. The second-order valence-corrected chi connectivity index (χ2v) is 6.68. The molecule has 8 heteroatoms. The number of carbonyl (C=O) groups excluding carboxylic acids is 1. The molecular weight excluding hydrogens is 369 g/mol. The van der Waals surface area contributed by atoms with Crippen LogP contribution in [-0.2, 0) is 11.0 Å². The van der Waals surface area contributed by atoms with Crippen molar-refractivity contribution in [1.29, 1.82) is 0 Å². The lowest BCUT2D eigenvalue weighted by atomic mass is 10.0. The molecule has 1 aromatic heterocycles. The van der Waals surface area contributed by atoms with Crippen LogP contribution in [0.5, 0.6) is 0 Å². The Bertz CT molecular complexity index is 1020. The second-order valence-electron chi connectivity index (χ2n) is 6.68. The summed E-state index contributed by atoms with van der Waals surface area (Å²) in [7, 11) is 0. The van der Waals surface area contributed by atoms with E-state index in [2.05, 4.69) is 20.8 Å². The Labute approximate surface area is 159 Å². The standard InChI is InChI=1S/C20H17F3N4O/c21-20(22,23)14-7-5-12(6-8-14)17-15-3-1-2-4-16(15)18(27-26-17)25-11-13-9-10-24-19(13)28/h1-8,13H,9-11H2,(H,24,28)(H,25,27)/t13-/m1/s1. The highest BCUT2D eigenvalue weighted by molar-refractivity contribution is 6.00. The van der Waals surface area contributed by atoms with Crippen molar-refractivity contribution in [3.05, 3.63) is 54.1 Å². The Morgan fingerprint density at radius 2 is 1.75 bits per heavy atom. The van der Waals surface area contributed by atoms with Gasteiger partial charge in [-0.3, -0.25) is 4.79 Å². The number of hydrogen-bond acceptors (Lipinski definition) is 4. The summed E-state index contributed by atoms with van der Waals surface area (Å²) in [4.78, 5) is 11.7. The third-order valence-corrected chi connectivity index (χ3v) is 4.85. The van der Waals surface area contributed by atoms with Crippen LogP contribution in [0.15, 0.2) is 48.5 Å². The SMILES string of the molecule is O=C1NCC[C@@H]1CNc1nnc(-c2ccc(C(F)(F)F)cc2)c2ccccc12. The molecule has 28 heavy (non-hydrogen) atoms. The summed E-state index contributed by atoms with van der Waals surface area (Å²) in [5, 5.41) is 16.0. The average molecular weight is 386 g/mol. The minimum absolute atomic E-state index is 0.0196. The predicted molar refractivity (Wildman–Crippen MR) is 99.6 cm³/mol. The van der Waals surface area contributed by atoms with Crippen molar-refractivity contribution >= 4 is 22.5 Å². The molecule has 1 fully saturated rings. The molecule has 1 atom stereocenters. The molecule has 0 bridgehead atoms. The normalized spacial score (nSPS) is 17.0. The van der Waals surface area contributed by atoms with Gasteiger partial charge in [0.2, 0.25) is 5.91 Å². The van der Waals surface area contributed by atoms with E-state index in [9.17, 15) is 18.0 Å². The number of hydrogen-bond donors (Lipinski definition) is 2. The lowest BCUT2D eigenvalue weighted by molar-refractivity contribution is -0.137. The first-order valence-corrected chi connectivity index (χ1v) is 8.88. The zero-order valence-electron chi connectivity index (χ0n) is 14.8. The Morgan fingerprint density at radius 3 is 2.39 bits per heavy atom. The number of anilines is 1. The van der Waals surface area contributed by atoms with Crippen LogP contribution < -0.4 is 10.6 Å².